The fourth-order valence-corrected chi connectivity index (χ4v) is 16.4. The molecule has 0 aliphatic rings. The minimum atomic E-state index is -0.525. The lowest BCUT2D eigenvalue weighted by Crippen LogP contribution is -1.85. The van der Waals surface area contributed by atoms with Crippen LogP contribution < -0.4 is 0 Å². The van der Waals surface area contributed by atoms with Crippen LogP contribution in [0.2, 0.25) is 0 Å². The molecule has 40 heavy (non-hydrogen) atoms. The van der Waals surface area contributed by atoms with Crippen molar-refractivity contribution in [1.82, 2.24) is 0 Å². The van der Waals surface area contributed by atoms with Crippen molar-refractivity contribution in [3.8, 4) is 0 Å². The highest BCUT2D eigenvalue weighted by Gasteiger charge is 2.17. The lowest BCUT2D eigenvalue weighted by atomic mass is 10.1. The Morgan fingerprint density at radius 1 is 0.400 bits per heavy atom. The Kier molecular flexibility index (Phi) is 6.47. The molecular formula is C36H36P4. The van der Waals surface area contributed by atoms with Gasteiger partial charge in [-0.15, -0.1) is 15.1 Å². The predicted molar refractivity (Wildman–Crippen MR) is 190 cm³/mol. The molecule has 7 aromatic rings. The summed E-state index contributed by atoms with van der Waals surface area (Å²) in [6, 6.07) is 25.0. The number of benzene rings is 4. The van der Waals surface area contributed by atoms with E-state index < -0.39 is 15.1 Å². The van der Waals surface area contributed by atoms with E-state index in [4.69, 9.17) is 0 Å². The van der Waals surface area contributed by atoms with E-state index >= 15 is 0 Å². The molecular weight excluding hydrogens is 556 g/mol. The minimum Gasteiger partial charge on any atom is -0.105 e. The molecule has 0 amide bonds. The van der Waals surface area contributed by atoms with Crippen LogP contribution in [0.25, 0.3) is 62.5 Å². The van der Waals surface area contributed by atoms with Crippen LogP contribution in [0.3, 0.4) is 0 Å². The van der Waals surface area contributed by atoms with E-state index in [2.05, 4.69) is 116 Å². The smallest absolute Gasteiger partial charge is 0.0209 e. The van der Waals surface area contributed by atoms with E-state index in [0.29, 0.717) is 11.3 Å². The summed E-state index contributed by atoms with van der Waals surface area (Å²) in [5.41, 5.74) is 6.66. The maximum atomic E-state index is 2.54. The summed E-state index contributed by atoms with van der Waals surface area (Å²) in [4.78, 5) is 0. The summed E-state index contributed by atoms with van der Waals surface area (Å²) in [6.07, 6.45) is 0. The summed E-state index contributed by atoms with van der Waals surface area (Å²) in [7, 11) is 1.74. The molecule has 0 radical (unpaired) electrons. The van der Waals surface area contributed by atoms with Gasteiger partial charge in [0.1, 0.15) is 0 Å². The first-order valence-electron chi connectivity index (χ1n) is 14.4. The zero-order valence-corrected chi connectivity index (χ0v) is 28.3. The van der Waals surface area contributed by atoms with E-state index in [0.717, 1.165) is 0 Å². The van der Waals surface area contributed by atoms with Gasteiger partial charge in [-0.2, -0.15) is 0 Å². The molecule has 0 fully saturated rings. The Hall–Kier alpha value is -2.18. The number of hydrogen-bond acceptors (Lipinski definition) is 0. The Bertz CT molecular complexity index is 1910. The highest BCUT2D eigenvalue weighted by Crippen LogP contribution is 2.59. The molecule has 7 rings (SSSR count). The molecule has 200 valence electrons. The van der Waals surface area contributed by atoms with Crippen molar-refractivity contribution >= 4 is 93.9 Å². The van der Waals surface area contributed by atoms with Crippen LogP contribution in [0.1, 0.15) is 61.3 Å². The summed E-state index contributed by atoms with van der Waals surface area (Å²) < 4.78 is 0. The van der Waals surface area contributed by atoms with E-state index in [1.165, 1.54) is 60.2 Å². The lowest BCUT2D eigenvalue weighted by molar-refractivity contribution is 1.04. The number of aryl methyl sites for hydroxylation is 4. The van der Waals surface area contributed by atoms with Gasteiger partial charge in [-0.3, -0.25) is 0 Å². The highest BCUT2D eigenvalue weighted by atomic mass is 31.1. The van der Waals surface area contributed by atoms with Gasteiger partial charge in [0.05, 0.1) is 0 Å². The average molecular weight is 593 g/mol. The van der Waals surface area contributed by atoms with Gasteiger partial charge in [-0.25, -0.2) is 0 Å². The zero-order chi connectivity index (χ0) is 28.0. The first kappa shape index (κ1) is 26.7. The summed E-state index contributed by atoms with van der Waals surface area (Å²) >= 11 is 0. The quantitative estimate of drug-likeness (QED) is 0.175. The van der Waals surface area contributed by atoms with E-state index in [1.54, 1.807) is 40.9 Å². The molecule has 0 unspecified atom stereocenters. The van der Waals surface area contributed by atoms with Crippen LogP contribution in [0.15, 0.2) is 60.7 Å². The topological polar surface area (TPSA) is 0 Å². The zero-order valence-electron chi connectivity index (χ0n) is 24.7. The minimum absolute atomic E-state index is 0.525. The van der Waals surface area contributed by atoms with Gasteiger partial charge in [0.15, 0.2) is 0 Å². The molecule has 3 aromatic heterocycles. The van der Waals surface area contributed by atoms with Crippen LogP contribution in [0.5, 0.6) is 0 Å². The third-order valence-corrected chi connectivity index (χ3v) is 17.3. The maximum Gasteiger partial charge on any atom is 0.0209 e. The summed E-state index contributed by atoms with van der Waals surface area (Å²) in [6.45, 7) is 19.0. The SMILES string of the molecule is Cc1cc2cc3cc(C)cc4c3pc2c(c1)p(C(C)C)c1cc(C)cc2cc3cc(C)cc(c3pc21)p4C(C)C. The summed E-state index contributed by atoms with van der Waals surface area (Å²) in [5.74, 6) is 0. The van der Waals surface area contributed by atoms with Gasteiger partial charge in [0, 0.05) is 40.9 Å². The van der Waals surface area contributed by atoms with Gasteiger partial charge >= 0.3 is 0 Å². The molecule has 0 saturated heterocycles. The number of hydrogen-bond donors (Lipinski definition) is 0. The fourth-order valence-electron chi connectivity index (χ4n) is 6.74. The molecule has 4 aromatic carbocycles. The van der Waals surface area contributed by atoms with Crippen LogP contribution in [0, 0.1) is 27.7 Å². The molecule has 0 saturated carbocycles. The molecule has 0 N–H and O–H groups in total. The molecule has 0 aliphatic heterocycles. The number of rotatable bonds is 2. The maximum absolute atomic E-state index is 2.54. The van der Waals surface area contributed by atoms with Gasteiger partial charge in [0.2, 0.25) is 0 Å². The van der Waals surface area contributed by atoms with Crippen LogP contribution in [0.4, 0.5) is 0 Å². The van der Waals surface area contributed by atoms with Gasteiger partial charge in [-0.1, -0.05) is 68.3 Å². The van der Waals surface area contributed by atoms with Crippen molar-refractivity contribution in [2.24, 2.45) is 0 Å². The molecule has 4 bridgehead atoms. The molecule has 0 atom stereocenters. The van der Waals surface area contributed by atoms with E-state index in [-0.39, 0.29) is 0 Å². The van der Waals surface area contributed by atoms with Crippen molar-refractivity contribution in [1.29, 1.82) is 0 Å². The Morgan fingerprint density at radius 3 is 0.875 bits per heavy atom. The monoisotopic (exact) mass is 592 g/mol. The Balaban J connectivity index is 1.96. The second-order valence-electron chi connectivity index (χ2n) is 12.3. The molecule has 3 heterocycles. The van der Waals surface area contributed by atoms with Crippen molar-refractivity contribution in [3.05, 3.63) is 82.9 Å². The first-order chi connectivity index (χ1) is 19.1. The van der Waals surface area contributed by atoms with E-state index in [9.17, 15) is 0 Å². The predicted octanol–water partition coefficient (Wildman–Crippen LogP) is 14.7. The second-order valence-corrected chi connectivity index (χ2v) is 20.0. The van der Waals surface area contributed by atoms with Gasteiger partial charge in [-0.05, 0) is 119 Å². The van der Waals surface area contributed by atoms with Crippen molar-refractivity contribution in [3.63, 3.8) is 0 Å². The van der Waals surface area contributed by atoms with E-state index in [1.807, 2.05) is 0 Å². The molecule has 0 nitrogen and oxygen atoms in total. The average Bonchev–Trinajstić information content (AvgIpc) is 2.85. The van der Waals surface area contributed by atoms with Gasteiger partial charge < -0.3 is 0 Å². The molecule has 0 aliphatic carbocycles. The fraction of sp³-hybridized carbons (Fsp3) is 0.278. The van der Waals surface area contributed by atoms with Crippen LogP contribution in [-0.4, -0.2) is 0 Å². The lowest BCUT2D eigenvalue weighted by Gasteiger charge is -2.19. The normalized spacial score (nSPS) is 13.8. The summed E-state index contributed by atoms with van der Waals surface area (Å²) in [5, 5.41) is 18.4. The Labute approximate surface area is 242 Å². The highest BCUT2D eigenvalue weighted by molar-refractivity contribution is 7.66. The van der Waals surface area contributed by atoms with Crippen LogP contribution >= 0.6 is 31.5 Å². The van der Waals surface area contributed by atoms with Crippen molar-refractivity contribution in [2.45, 2.75) is 66.7 Å². The van der Waals surface area contributed by atoms with Gasteiger partial charge in [0.25, 0.3) is 0 Å². The molecule has 4 heteroatoms. The first-order valence-corrected chi connectivity index (χ1v) is 19.0. The van der Waals surface area contributed by atoms with Crippen molar-refractivity contribution in [2.75, 3.05) is 0 Å². The largest absolute Gasteiger partial charge is 0.105 e. The molecule has 0 spiro atoms. The standard InChI is InChI=1S/C36H36P4/c1-19(2)39-29-13-21(5)9-25-17-27-11-23(7)15-31(35(27)37-33(25)29)40(20(3)4)32-16-24(8)12-28-18-26-10-22(6)14-30(39)34(26)38-36(28)32/h9-20H,1-8H3. The second kappa shape index (κ2) is 9.69. The third-order valence-electron chi connectivity index (χ3n) is 8.19. The Morgan fingerprint density at radius 2 is 0.650 bits per heavy atom. The van der Waals surface area contributed by atoms with Crippen LogP contribution in [-0.2, 0) is 0 Å². The third kappa shape index (κ3) is 4.19. The van der Waals surface area contributed by atoms with Crippen molar-refractivity contribution < 1.29 is 0 Å².